The molecule has 0 spiro atoms. The molecule has 0 aliphatic heterocycles. The molecule has 0 saturated heterocycles. The standard InChI is InChI=1S/C10H14O10.Na.H/c11-5(12)1-9(19,2-6(13)14)10(20,3-7(15)16)4-8(17)18;;/h19-20H,1-4H2,(H,11,12)(H,13,14)(H,15,16)(H,17,18);;/q;+1;-1. The SMILES string of the molecule is O=C(O)CC(O)(CC(=O)O)C(O)(CC(=O)O)CC(=O)O.[H-].[Na+]. The number of aliphatic carboxylic acids is 4. The molecule has 0 saturated carbocycles. The minimum Gasteiger partial charge on any atom is -1.00 e. The first-order chi connectivity index (χ1) is 8.92. The molecule has 0 aromatic carbocycles. The van der Waals surface area contributed by atoms with E-state index >= 15 is 0 Å². The zero-order chi connectivity index (χ0) is 16.1. The Morgan fingerprint density at radius 3 is 0.857 bits per heavy atom. The third-order valence-electron chi connectivity index (χ3n) is 2.64. The molecule has 0 heterocycles. The maximum atomic E-state index is 10.7. The van der Waals surface area contributed by atoms with Crippen molar-refractivity contribution in [2.75, 3.05) is 0 Å². The fourth-order valence-corrected chi connectivity index (χ4v) is 1.78. The Morgan fingerprint density at radius 2 is 0.762 bits per heavy atom. The van der Waals surface area contributed by atoms with Gasteiger partial charge in [-0.05, 0) is 0 Å². The first kappa shape index (κ1) is 22.1. The van der Waals surface area contributed by atoms with E-state index in [9.17, 15) is 29.4 Å². The zero-order valence-electron chi connectivity index (χ0n) is 12.1. The van der Waals surface area contributed by atoms with Crippen molar-refractivity contribution in [1.29, 1.82) is 0 Å². The minimum absolute atomic E-state index is 0. The van der Waals surface area contributed by atoms with Gasteiger partial charge in [0.1, 0.15) is 11.2 Å². The Kier molecular flexibility index (Phi) is 8.72. The molecule has 0 bridgehead atoms. The van der Waals surface area contributed by atoms with Gasteiger partial charge >= 0.3 is 53.4 Å². The molecule has 21 heavy (non-hydrogen) atoms. The summed E-state index contributed by atoms with van der Waals surface area (Å²) in [6.07, 6.45) is -5.29. The van der Waals surface area contributed by atoms with E-state index in [1.165, 1.54) is 0 Å². The molecule has 0 amide bonds. The maximum Gasteiger partial charge on any atom is 1.00 e. The van der Waals surface area contributed by atoms with E-state index in [-0.39, 0.29) is 31.0 Å². The van der Waals surface area contributed by atoms with Crippen LogP contribution >= 0.6 is 0 Å². The van der Waals surface area contributed by atoms with Gasteiger partial charge in [-0.1, -0.05) is 0 Å². The third-order valence-corrected chi connectivity index (χ3v) is 2.64. The fourth-order valence-electron chi connectivity index (χ4n) is 1.78. The summed E-state index contributed by atoms with van der Waals surface area (Å²) in [6, 6.07) is 0. The van der Waals surface area contributed by atoms with Crippen molar-refractivity contribution in [3.8, 4) is 0 Å². The Bertz CT molecular complexity index is 365. The Hall–Kier alpha value is -1.20. The number of rotatable bonds is 9. The van der Waals surface area contributed by atoms with Crippen molar-refractivity contribution in [3.63, 3.8) is 0 Å². The Morgan fingerprint density at radius 1 is 0.619 bits per heavy atom. The molecule has 0 fully saturated rings. The second-order valence-corrected chi connectivity index (χ2v) is 4.35. The summed E-state index contributed by atoms with van der Waals surface area (Å²) in [5, 5.41) is 54.6. The average molecular weight is 318 g/mol. The van der Waals surface area contributed by atoms with Gasteiger partial charge in [-0.15, -0.1) is 0 Å². The van der Waals surface area contributed by atoms with E-state index in [0.29, 0.717) is 0 Å². The normalized spacial score (nSPS) is 11.3. The largest absolute Gasteiger partial charge is 1.00 e. The first-order valence-electron chi connectivity index (χ1n) is 5.24. The van der Waals surface area contributed by atoms with Gasteiger partial charge in [0.2, 0.25) is 0 Å². The number of carboxylic acid groups (broad SMARTS) is 4. The van der Waals surface area contributed by atoms with E-state index in [4.69, 9.17) is 20.4 Å². The van der Waals surface area contributed by atoms with Crippen LogP contribution in [0.1, 0.15) is 27.1 Å². The maximum absolute atomic E-state index is 10.7. The number of carbonyl (C=O) groups is 4. The van der Waals surface area contributed by atoms with Crippen LogP contribution in [0.4, 0.5) is 0 Å². The van der Waals surface area contributed by atoms with Gasteiger partial charge in [0.25, 0.3) is 0 Å². The average Bonchev–Trinajstić information content (AvgIpc) is 2.10. The van der Waals surface area contributed by atoms with Crippen molar-refractivity contribution < 1.29 is 80.8 Å². The quantitative estimate of drug-likeness (QED) is 0.226. The molecular weight excluding hydrogens is 303 g/mol. The predicted octanol–water partition coefficient (Wildman–Crippen LogP) is -4.54. The fraction of sp³-hybridized carbons (Fsp3) is 0.600. The summed E-state index contributed by atoms with van der Waals surface area (Å²) < 4.78 is 0. The second-order valence-electron chi connectivity index (χ2n) is 4.35. The molecule has 0 aliphatic carbocycles. The predicted molar refractivity (Wildman–Crippen MR) is 60.0 cm³/mol. The van der Waals surface area contributed by atoms with E-state index < -0.39 is 60.8 Å². The van der Waals surface area contributed by atoms with Gasteiger partial charge < -0.3 is 32.1 Å². The number of carboxylic acids is 4. The van der Waals surface area contributed by atoms with Crippen LogP contribution in [0.3, 0.4) is 0 Å². The summed E-state index contributed by atoms with van der Waals surface area (Å²) in [4.78, 5) is 42.6. The molecule has 0 rings (SSSR count). The summed E-state index contributed by atoms with van der Waals surface area (Å²) in [6.45, 7) is 0. The number of hydrogen-bond donors (Lipinski definition) is 6. The van der Waals surface area contributed by atoms with Crippen LogP contribution in [-0.4, -0.2) is 65.7 Å². The van der Waals surface area contributed by atoms with Crippen LogP contribution in [0.15, 0.2) is 0 Å². The summed E-state index contributed by atoms with van der Waals surface area (Å²) >= 11 is 0. The van der Waals surface area contributed by atoms with E-state index in [1.54, 1.807) is 0 Å². The monoisotopic (exact) mass is 318 g/mol. The Balaban J connectivity index is -0.00000180. The molecule has 0 unspecified atom stereocenters. The van der Waals surface area contributed by atoms with Crippen LogP contribution < -0.4 is 29.6 Å². The van der Waals surface area contributed by atoms with Crippen LogP contribution in [0.2, 0.25) is 0 Å². The zero-order valence-corrected chi connectivity index (χ0v) is 13.1. The summed E-state index contributed by atoms with van der Waals surface area (Å²) in [7, 11) is 0. The topological polar surface area (TPSA) is 190 Å². The van der Waals surface area contributed by atoms with Gasteiger partial charge in [-0.2, -0.15) is 0 Å². The molecule has 0 aromatic rings. The van der Waals surface area contributed by atoms with Crippen molar-refractivity contribution in [1.82, 2.24) is 0 Å². The Labute approximate surface area is 141 Å². The molecule has 116 valence electrons. The molecular formula is C10H15NaO10. The second kappa shape index (κ2) is 8.29. The third kappa shape index (κ3) is 6.87. The van der Waals surface area contributed by atoms with Crippen molar-refractivity contribution in [3.05, 3.63) is 0 Å². The van der Waals surface area contributed by atoms with E-state index in [0.717, 1.165) is 0 Å². The van der Waals surface area contributed by atoms with Crippen LogP contribution in [0.25, 0.3) is 0 Å². The van der Waals surface area contributed by atoms with E-state index in [1.807, 2.05) is 0 Å². The molecule has 0 aromatic heterocycles. The van der Waals surface area contributed by atoms with Gasteiger partial charge in [0.15, 0.2) is 0 Å². The van der Waals surface area contributed by atoms with Crippen molar-refractivity contribution in [2.45, 2.75) is 36.9 Å². The van der Waals surface area contributed by atoms with Crippen LogP contribution in [-0.2, 0) is 19.2 Å². The molecule has 0 atom stereocenters. The van der Waals surface area contributed by atoms with Crippen molar-refractivity contribution in [2.24, 2.45) is 0 Å². The van der Waals surface area contributed by atoms with Crippen molar-refractivity contribution >= 4 is 23.9 Å². The van der Waals surface area contributed by atoms with Crippen LogP contribution in [0.5, 0.6) is 0 Å². The number of aliphatic hydroxyl groups is 2. The van der Waals surface area contributed by atoms with E-state index in [2.05, 4.69) is 0 Å². The molecule has 11 heteroatoms. The van der Waals surface area contributed by atoms with Gasteiger partial charge in [-0.25, -0.2) is 0 Å². The first-order valence-corrected chi connectivity index (χ1v) is 5.24. The molecule has 6 N–H and O–H groups in total. The number of hydrogen-bond acceptors (Lipinski definition) is 6. The summed E-state index contributed by atoms with van der Waals surface area (Å²) in [5.74, 6) is -6.88. The molecule has 10 nitrogen and oxygen atoms in total. The minimum atomic E-state index is -2.94. The molecule has 0 radical (unpaired) electrons. The van der Waals surface area contributed by atoms with Gasteiger partial charge in [0, 0.05) is 0 Å². The van der Waals surface area contributed by atoms with Gasteiger partial charge in [0.05, 0.1) is 25.7 Å². The smallest absolute Gasteiger partial charge is 1.00 e. The van der Waals surface area contributed by atoms with Crippen LogP contribution in [0, 0.1) is 0 Å². The molecule has 0 aliphatic rings. The summed E-state index contributed by atoms with van der Waals surface area (Å²) in [5.41, 5.74) is -5.89. The van der Waals surface area contributed by atoms with Gasteiger partial charge in [-0.3, -0.25) is 19.2 Å².